The first-order valence-electron chi connectivity index (χ1n) is 5.37. The zero-order valence-corrected chi connectivity index (χ0v) is 10.3. The molecule has 0 aliphatic rings. The van der Waals surface area contributed by atoms with Gasteiger partial charge in [-0.3, -0.25) is 4.79 Å². The molecule has 0 unspecified atom stereocenters. The first-order chi connectivity index (χ1) is 7.22. The quantitative estimate of drug-likeness (QED) is 0.687. The van der Waals surface area contributed by atoms with E-state index in [1.165, 1.54) is 5.56 Å². The minimum absolute atomic E-state index is 0.332. The third kappa shape index (κ3) is 5.03. The molecular formula is C13H18OS. The van der Waals surface area contributed by atoms with Crippen LogP contribution in [0.15, 0.2) is 24.3 Å². The van der Waals surface area contributed by atoms with Crippen molar-refractivity contribution in [3.8, 4) is 0 Å². The molecule has 0 bridgehead atoms. The number of benzene rings is 1. The maximum atomic E-state index is 11.6. The fourth-order valence-electron chi connectivity index (χ4n) is 1.43. The van der Waals surface area contributed by atoms with E-state index in [0.29, 0.717) is 18.0 Å². The predicted octanol–water partition coefficient (Wildman–Crippen LogP) is 3.25. The van der Waals surface area contributed by atoms with E-state index < -0.39 is 0 Å². The standard InChI is InChI=1S/C13H18OS/c1-3-7-15-10-13(14)9-12-6-4-5-11(2)8-12/h4-6,8H,3,7,9-10H2,1-2H3. The second-order valence-electron chi connectivity index (χ2n) is 3.76. The van der Waals surface area contributed by atoms with E-state index in [4.69, 9.17) is 0 Å². The van der Waals surface area contributed by atoms with Crippen molar-refractivity contribution in [2.75, 3.05) is 11.5 Å². The Morgan fingerprint density at radius 2 is 2.20 bits per heavy atom. The van der Waals surface area contributed by atoms with Crippen LogP contribution in [0.2, 0.25) is 0 Å². The molecule has 1 rings (SSSR count). The van der Waals surface area contributed by atoms with Gasteiger partial charge in [-0.15, -0.1) is 0 Å². The van der Waals surface area contributed by atoms with Gasteiger partial charge < -0.3 is 0 Å². The van der Waals surface area contributed by atoms with Crippen molar-refractivity contribution in [1.82, 2.24) is 0 Å². The summed E-state index contributed by atoms with van der Waals surface area (Å²) in [5.41, 5.74) is 2.36. The van der Waals surface area contributed by atoms with E-state index in [9.17, 15) is 4.79 Å². The summed E-state index contributed by atoms with van der Waals surface area (Å²) >= 11 is 1.74. The second-order valence-corrected chi connectivity index (χ2v) is 4.86. The van der Waals surface area contributed by atoms with Crippen molar-refractivity contribution in [3.05, 3.63) is 35.4 Å². The molecule has 0 N–H and O–H groups in total. The van der Waals surface area contributed by atoms with Crippen LogP contribution in [0.4, 0.5) is 0 Å². The Morgan fingerprint density at radius 3 is 2.87 bits per heavy atom. The molecule has 82 valence electrons. The summed E-state index contributed by atoms with van der Waals surface area (Å²) < 4.78 is 0. The number of hydrogen-bond donors (Lipinski definition) is 0. The van der Waals surface area contributed by atoms with Crippen LogP contribution < -0.4 is 0 Å². The first-order valence-corrected chi connectivity index (χ1v) is 6.53. The fourth-order valence-corrected chi connectivity index (χ4v) is 2.19. The molecule has 1 aromatic carbocycles. The number of ketones is 1. The number of Topliss-reactive ketones (excluding diaryl/α,β-unsaturated/α-hetero) is 1. The van der Waals surface area contributed by atoms with Crippen LogP contribution in [0, 0.1) is 6.92 Å². The van der Waals surface area contributed by atoms with Crippen LogP contribution in [0.3, 0.4) is 0 Å². The minimum Gasteiger partial charge on any atom is -0.298 e. The van der Waals surface area contributed by atoms with Crippen molar-refractivity contribution in [1.29, 1.82) is 0 Å². The van der Waals surface area contributed by atoms with Gasteiger partial charge in [-0.1, -0.05) is 36.8 Å². The Bertz CT molecular complexity index is 320. The van der Waals surface area contributed by atoms with Gasteiger partial charge >= 0.3 is 0 Å². The zero-order valence-electron chi connectivity index (χ0n) is 9.45. The van der Waals surface area contributed by atoms with Crippen LogP contribution in [0.1, 0.15) is 24.5 Å². The molecule has 0 aliphatic heterocycles. The number of aryl methyl sites for hydroxylation is 1. The van der Waals surface area contributed by atoms with Crippen molar-refractivity contribution >= 4 is 17.5 Å². The average molecular weight is 222 g/mol. The van der Waals surface area contributed by atoms with Crippen LogP contribution >= 0.6 is 11.8 Å². The van der Waals surface area contributed by atoms with E-state index in [0.717, 1.165) is 17.7 Å². The lowest BCUT2D eigenvalue weighted by Gasteiger charge is -2.02. The van der Waals surface area contributed by atoms with Crippen LogP contribution in [0.5, 0.6) is 0 Å². The van der Waals surface area contributed by atoms with E-state index >= 15 is 0 Å². The van der Waals surface area contributed by atoms with Gasteiger partial charge in [0, 0.05) is 6.42 Å². The Morgan fingerprint density at radius 1 is 1.40 bits per heavy atom. The molecule has 0 amide bonds. The highest BCUT2D eigenvalue weighted by atomic mass is 32.2. The Labute approximate surface area is 96.3 Å². The number of carbonyl (C=O) groups excluding carboxylic acids is 1. The lowest BCUT2D eigenvalue weighted by Crippen LogP contribution is -2.06. The molecule has 0 saturated carbocycles. The largest absolute Gasteiger partial charge is 0.298 e. The molecule has 0 atom stereocenters. The molecule has 0 fully saturated rings. The van der Waals surface area contributed by atoms with Crippen molar-refractivity contribution in [2.24, 2.45) is 0 Å². The maximum Gasteiger partial charge on any atom is 0.147 e. The van der Waals surface area contributed by atoms with Crippen molar-refractivity contribution < 1.29 is 4.79 Å². The average Bonchev–Trinajstić information content (AvgIpc) is 2.18. The normalized spacial score (nSPS) is 10.3. The van der Waals surface area contributed by atoms with Gasteiger partial charge in [-0.2, -0.15) is 11.8 Å². The number of hydrogen-bond acceptors (Lipinski definition) is 2. The molecule has 15 heavy (non-hydrogen) atoms. The second kappa shape index (κ2) is 6.67. The third-order valence-electron chi connectivity index (χ3n) is 2.10. The molecule has 0 radical (unpaired) electrons. The van der Waals surface area contributed by atoms with E-state index in [2.05, 4.69) is 26.0 Å². The zero-order chi connectivity index (χ0) is 11.1. The minimum atomic E-state index is 0.332. The summed E-state index contributed by atoms with van der Waals surface area (Å²) in [6.45, 7) is 4.19. The third-order valence-corrected chi connectivity index (χ3v) is 3.32. The lowest BCUT2D eigenvalue weighted by molar-refractivity contribution is -0.116. The predicted molar refractivity (Wildman–Crippen MR) is 67.5 cm³/mol. The SMILES string of the molecule is CCCSCC(=O)Cc1cccc(C)c1. The van der Waals surface area contributed by atoms with Gasteiger partial charge in [-0.25, -0.2) is 0 Å². The summed E-state index contributed by atoms with van der Waals surface area (Å²) in [5.74, 6) is 2.07. The highest BCUT2D eigenvalue weighted by Gasteiger charge is 2.03. The maximum absolute atomic E-state index is 11.6. The summed E-state index contributed by atoms with van der Waals surface area (Å²) in [6, 6.07) is 8.18. The summed E-state index contributed by atoms with van der Waals surface area (Å²) in [6.07, 6.45) is 1.72. The molecular weight excluding hydrogens is 204 g/mol. The highest BCUT2D eigenvalue weighted by Crippen LogP contribution is 2.08. The summed E-state index contributed by atoms with van der Waals surface area (Å²) in [4.78, 5) is 11.6. The van der Waals surface area contributed by atoms with E-state index in [1.54, 1.807) is 11.8 Å². The molecule has 0 aromatic heterocycles. The number of carbonyl (C=O) groups is 1. The summed E-state index contributed by atoms with van der Waals surface area (Å²) in [7, 11) is 0. The Kier molecular flexibility index (Phi) is 5.48. The molecule has 2 heteroatoms. The number of rotatable bonds is 6. The first kappa shape index (κ1) is 12.3. The van der Waals surface area contributed by atoms with Crippen molar-refractivity contribution in [2.45, 2.75) is 26.7 Å². The van der Waals surface area contributed by atoms with Crippen LogP contribution in [-0.2, 0) is 11.2 Å². The van der Waals surface area contributed by atoms with Gasteiger partial charge in [0.05, 0.1) is 5.75 Å². The molecule has 0 saturated heterocycles. The summed E-state index contributed by atoms with van der Waals surface area (Å²) in [5, 5.41) is 0. The van der Waals surface area contributed by atoms with Crippen LogP contribution in [0.25, 0.3) is 0 Å². The van der Waals surface area contributed by atoms with E-state index in [-0.39, 0.29) is 0 Å². The monoisotopic (exact) mass is 222 g/mol. The Hall–Kier alpha value is -0.760. The van der Waals surface area contributed by atoms with Gasteiger partial charge in [0.2, 0.25) is 0 Å². The Balaban J connectivity index is 2.37. The van der Waals surface area contributed by atoms with Gasteiger partial charge in [0.1, 0.15) is 5.78 Å². The smallest absolute Gasteiger partial charge is 0.147 e. The molecule has 1 nitrogen and oxygen atoms in total. The lowest BCUT2D eigenvalue weighted by atomic mass is 10.1. The van der Waals surface area contributed by atoms with Gasteiger partial charge in [0.25, 0.3) is 0 Å². The topological polar surface area (TPSA) is 17.1 Å². The molecule has 1 aromatic rings. The van der Waals surface area contributed by atoms with Crippen LogP contribution in [-0.4, -0.2) is 17.3 Å². The molecule has 0 heterocycles. The number of thioether (sulfide) groups is 1. The van der Waals surface area contributed by atoms with Gasteiger partial charge in [0.15, 0.2) is 0 Å². The van der Waals surface area contributed by atoms with Gasteiger partial charge in [-0.05, 0) is 24.7 Å². The van der Waals surface area contributed by atoms with Crippen molar-refractivity contribution in [3.63, 3.8) is 0 Å². The fraction of sp³-hybridized carbons (Fsp3) is 0.462. The highest BCUT2D eigenvalue weighted by molar-refractivity contribution is 7.99. The molecule has 0 spiro atoms. The van der Waals surface area contributed by atoms with E-state index in [1.807, 2.05) is 12.1 Å². The molecule has 0 aliphatic carbocycles.